The summed E-state index contributed by atoms with van der Waals surface area (Å²) in [5.41, 5.74) is 4.75. The Labute approximate surface area is 84.0 Å². The number of carbonyl (C=O) groups is 2. The second-order valence-electron chi connectivity index (χ2n) is 4.09. The molecule has 0 saturated carbocycles. The van der Waals surface area contributed by atoms with E-state index in [1.807, 2.05) is 0 Å². The van der Waals surface area contributed by atoms with Crippen molar-refractivity contribution in [2.24, 2.45) is 5.73 Å². The summed E-state index contributed by atoms with van der Waals surface area (Å²) in [5.74, 6) is -0.831. The van der Waals surface area contributed by atoms with Crippen LogP contribution in [0.5, 0.6) is 0 Å². The molecule has 14 heavy (non-hydrogen) atoms. The summed E-state index contributed by atoms with van der Waals surface area (Å²) in [4.78, 5) is 22.1. The third kappa shape index (κ3) is 6.42. The molecule has 0 aromatic heterocycles. The maximum Gasteiger partial charge on any atom is 0.325 e. The van der Waals surface area contributed by atoms with E-state index in [4.69, 9.17) is 10.5 Å². The number of amides is 1. The summed E-state index contributed by atoms with van der Waals surface area (Å²) < 4.78 is 4.97. The van der Waals surface area contributed by atoms with Crippen molar-refractivity contribution in [2.45, 2.75) is 39.3 Å². The van der Waals surface area contributed by atoms with Crippen molar-refractivity contribution in [1.82, 2.24) is 5.32 Å². The van der Waals surface area contributed by atoms with E-state index >= 15 is 0 Å². The van der Waals surface area contributed by atoms with Gasteiger partial charge in [-0.3, -0.25) is 9.59 Å². The summed E-state index contributed by atoms with van der Waals surface area (Å²) in [5, 5.41) is 2.37. The van der Waals surface area contributed by atoms with Crippen molar-refractivity contribution in [2.75, 3.05) is 6.54 Å². The van der Waals surface area contributed by atoms with E-state index in [2.05, 4.69) is 5.32 Å². The van der Waals surface area contributed by atoms with Gasteiger partial charge in [0.2, 0.25) is 5.91 Å². The van der Waals surface area contributed by atoms with Crippen molar-refractivity contribution < 1.29 is 14.3 Å². The van der Waals surface area contributed by atoms with Crippen LogP contribution in [-0.4, -0.2) is 30.1 Å². The Kier molecular flexibility index (Phi) is 4.56. The molecule has 0 spiro atoms. The predicted octanol–water partition coefficient (Wildman–Crippen LogP) is -0.208. The second kappa shape index (κ2) is 4.95. The SMILES string of the molecule is C[C@H](N)C(=O)NCC(=O)OC(C)(C)C. The molecule has 0 fully saturated rings. The molecule has 0 radical (unpaired) electrons. The fraction of sp³-hybridized carbons (Fsp3) is 0.778. The lowest BCUT2D eigenvalue weighted by Crippen LogP contribution is -2.42. The smallest absolute Gasteiger partial charge is 0.325 e. The topological polar surface area (TPSA) is 81.4 Å². The van der Waals surface area contributed by atoms with Crippen LogP contribution in [0.3, 0.4) is 0 Å². The molecular weight excluding hydrogens is 184 g/mol. The standard InChI is InChI=1S/C9H18N2O3/c1-6(10)8(13)11-5-7(12)14-9(2,3)4/h6H,5,10H2,1-4H3,(H,11,13)/t6-/m0/s1. The highest BCUT2D eigenvalue weighted by Gasteiger charge is 2.17. The first-order valence-corrected chi connectivity index (χ1v) is 4.47. The van der Waals surface area contributed by atoms with Crippen LogP contribution in [0.25, 0.3) is 0 Å². The van der Waals surface area contributed by atoms with Crippen LogP contribution < -0.4 is 11.1 Å². The molecule has 1 amide bonds. The molecule has 3 N–H and O–H groups in total. The van der Waals surface area contributed by atoms with E-state index in [0.717, 1.165) is 0 Å². The van der Waals surface area contributed by atoms with Crippen molar-refractivity contribution >= 4 is 11.9 Å². The molecule has 0 rings (SSSR count). The molecule has 0 aliphatic rings. The Morgan fingerprint density at radius 3 is 2.29 bits per heavy atom. The average Bonchev–Trinajstić information content (AvgIpc) is 1.96. The number of carbonyl (C=O) groups excluding carboxylic acids is 2. The first-order valence-electron chi connectivity index (χ1n) is 4.47. The van der Waals surface area contributed by atoms with E-state index in [1.165, 1.54) is 0 Å². The van der Waals surface area contributed by atoms with Crippen LogP contribution in [-0.2, 0) is 14.3 Å². The maximum atomic E-state index is 11.1. The molecule has 0 aromatic carbocycles. The van der Waals surface area contributed by atoms with Gasteiger partial charge >= 0.3 is 5.97 Å². The van der Waals surface area contributed by atoms with Crippen LogP contribution >= 0.6 is 0 Å². The predicted molar refractivity (Wildman–Crippen MR) is 52.5 cm³/mol. The number of ether oxygens (including phenoxy) is 1. The number of nitrogens with one attached hydrogen (secondary N) is 1. The highest BCUT2D eigenvalue weighted by molar-refractivity contribution is 5.85. The molecule has 0 unspecified atom stereocenters. The van der Waals surface area contributed by atoms with Gasteiger partial charge in [-0.05, 0) is 27.7 Å². The molecule has 0 aliphatic carbocycles. The van der Waals surface area contributed by atoms with Gasteiger partial charge in [0, 0.05) is 0 Å². The Bertz CT molecular complexity index is 219. The van der Waals surface area contributed by atoms with E-state index in [9.17, 15) is 9.59 Å². The molecule has 0 heterocycles. The van der Waals surface area contributed by atoms with Gasteiger partial charge in [-0.1, -0.05) is 0 Å². The number of nitrogens with two attached hydrogens (primary N) is 1. The zero-order valence-electron chi connectivity index (χ0n) is 9.09. The Hall–Kier alpha value is -1.10. The van der Waals surface area contributed by atoms with Crippen LogP contribution in [0, 0.1) is 0 Å². The Morgan fingerprint density at radius 1 is 1.43 bits per heavy atom. The first kappa shape index (κ1) is 12.9. The number of hydrogen-bond donors (Lipinski definition) is 2. The van der Waals surface area contributed by atoms with E-state index in [-0.39, 0.29) is 12.5 Å². The van der Waals surface area contributed by atoms with Gasteiger partial charge in [-0.2, -0.15) is 0 Å². The lowest BCUT2D eigenvalue weighted by atomic mass is 10.2. The third-order valence-electron chi connectivity index (χ3n) is 1.24. The van der Waals surface area contributed by atoms with Gasteiger partial charge < -0.3 is 15.8 Å². The molecule has 0 saturated heterocycles. The Morgan fingerprint density at radius 2 is 1.93 bits per heavy atom. The lowest BCUT2D eigenvalue weighted by molar-refractivity contribution is -0.154. The van der Waals surface area contributed by atoms with Gasteiger partial charge in [0.25, 0.3) is 0 Å². The van der Waals surface area contributed by atoms with E-state index in [0.29, 0.717) is 0 Å². The minimum atomic E-state index is -0.613. The summed E-state index contributed by atoms with van der Waals surface area (Å²) in [7, 11) is 0. The normalized spacial score (nSPS) is 13.2. The molecule has 0 aromatic rings. The fourth-order valence-electron chi connectivity index (χ4n) is 0.698. The molecule has 0 bridgehead atoms. The molecule has 82 valence electrons. The monoisotopic (exact) mass is 202 g/mol. The Balaban J connectivity index is 3.81. The summed E-state index contributed by atoms with van der Waals surface area (Å²) in [6.07, 6.45) is 0. The minimum Gasteiger partial charge on any atom is -0.459 e. The number of esters is 1. The van der Waals surface area contributed by atoms with Crippen LogP contribution in [0.15, 0.2) is 0 Å². The highest BCUT2D eigenvalue weighted by Crippen LogP contribution is 2.05. The van der Waals surface area contributed by atoms with E-state index in [1.54, 1.807) is 27.7 Å². The molecule has 5 nitrogen and oxygen atoms in total. The minimum absolute atomic E-state index is 0.141. The highest BCUT2D eigenvalue weighted by atomic mass is 16.6. The van der Waals surface area contributed by atoms with Crippen molar-refractivity contribution in [3.8, 4) is 0 Å². The van der Waals surface area contributed by atoms with E-state index < -0.39 is 17.6 Å². The van der Waals surface area contributed by atoms with Crippen molar-refractivity contribution in [1.29, 1.82) is 0 Å². The van der Waals surface area contributed by atoms with Gasteiger partial charge in [-0.15, -0.1) is 0 Å². The summed E-state index contributed by atoms with van der Waals surface area (Å²) >= 11 is 0. The van der Waals surface area contributed by atoms with Crippen molar-refractivity contribution in [3.05, 3.63) is 0 Å². The number of rotatable bonds is 3. The largest absolute Gasteiger partial charge is 0.459 e. The zero-order chi connectivity index (χ0) is 11.4. The van der Waals surface area contributed by atoms with Crippen molar-refractivity contribution in [3.63, 3.8) is 0 Å². The molecular formula is C9H18N2O3. The maximum absolute atomic E-state index is 11.1. The average molecular weight is 202 g/mol. The van der Waals surface area contributed by atoms with Gasteiger partial charge in [0.15, 0.2) is 0 Å². The molecule has 1 atom stereocenters. The molecule has 0 aliphatic heterocycles. The third-order valence-corrected chi connectivity index (χ3v) is 1.24. The summed E-state index contributed by atoms with van der Waals surface area (Å²) in [6, 6.07) is -0.613. The number of hydrogen-bond acceptors (Lipinski definition) is 4. The fourth-order valence-corrected chi connectivity index (χ4v) is 0.698. The second-order valence-corrected chi connectivity index (χ2v) is 4.09. The van der Waals surface area contributed by atoms with Crippen LogP contribution in [0.4, 0.5) is 0 Å². The quantitative estimate of drug-likeness (QED) is 0.620. The molecule has 5 heteroatoms. The zero-order valence-corrected chi connectivity index (χ0v) is 9.09. The lowest BCUT2D eigenvalue weighted by Gasteiger charge is -2.19. The van der Waals surface area contributed by atoms with Gasteiger partial charge in [0.1, 0.15) is 12.1 Å². The van der Waals surface area contributed by atoms with Crippen LogP contribution in [0.2, 0.25) is 0 Å². The first-order chi connectivity index (χ1) is 6.22. The van der Waals surface area contributed by atoms with Gasteiger partial charge in [0.05, 0.1) is 6.04 Å². The van der Waals surface area contributed by atoms with Crippen LogP contribution in [0.1, 0.15) is 27.7 Å². The summed E-state index contributed by atoms with van der Waals surface area (Å²) in [6.45, 7) is 6.69. The van der Waals surface area contributed by atoms with Gasteiger partial charge in [-0.25, -0.2) is 0 Å².